The Hall–Kier alpha value is -2.72. The number of nitrogens with one attached hydrogen (secondary N) is 1. The molecule has 0 radical (unpaired) electrons. The highest BCUT2D eigenvalue weighted by Gasteiger charge is 2.41. The van der Waals surface area contributed by atoms with Crippen molar-refractivity contribution < 1.29 is 14.3 Å². The van der Waals surface area contributed by atoms with Crippen LogP contribution >= 0.6 is 11.3 Å². The molecule has 10 heteroatoms. The molecule has 2 aromatic rings. The van der Waals surface area contributed by atoms with Crippen LogP contribution in [0.5, 0.6) is 0 Å². The highest BCUT2D eigenvalue weighted by molar-refractivity contribution is 7.19. The van der Waals surface area contributed by atoms with Crippen molar-refractivity contribution in [3.05, 3.63) is 22.9 Å². The third-order valence-electron chi connectivity index (χ3n) is 7.64. The third kappa shape index (κ3) is 4.27. The zero-order valence-corrected chi connectivity index (χ0v) is 21.2. The van der Waals surface area contributed by atoms with Gasteiger partial charge in [0, 0.05) is 38.8 Å². The predicted molar refractivity (Wildman–Crippen MR) is 135 cm³/mol. The summed E-state index contributed by atoms with van der Waals surface area (Å²) < 4.78 is 5.57. The number of fused-ring (bicyclic) bond motifs is 1. The summed E-state index contributed by atoms with van der Waals surface area (Å²) in [5.74, 6) is 1.46. The van der Waals surface area contributed by atoms with Gasteiger partial charge in [-0.1, -0.05) is 11.3 Å². The summed E-state index contributed by atoms with van der Waals surface area (Å²) in [6, 6.07) is 2.21. The molecule has 1 saturated carbocycles. The number of pyridine rings is 1. The second-order valence-electron chi connectivity index (χ2n) is 10.0. The molecule has 3 aliphatic heterocycles. The smallest absolute Gasteiger partial charge is 0.323 e. The Morgan fingerprint density at radius 3 is 2.63 bits per heavy atom. The molecule has 0 aromatic carbocycles. The SMILES string of the molecule is Cc1nc(NC(=O)N2CCCC2)sc1-c1cc2c(c(N3CCOCC3)n1)C(=O)N([C@@H](C)C1CC1)C2. The van der Waals surface area contributed by atoms with Crippen molar-refractivity contribution in [1.29, 1.82) is 0 Å². The fourth-order valence-corrected chi connectivity index (χ4v) is 6.32. The van der Waals surface area contributed by atoms with Crippen LogP contribution < -0.4 is 10.2 Å². The summed E-state index contributed by atoms with van der Waals surface area (Å²) in [6.45, 7) is 9.02. The number of morpholine rings is 1. The molecule has 35 heavy (non-hydrogen) atoms. The number of urea groups is 1. The Labute approximate surface area is 209 Å². The number of rotatable bonds is 5. The predicted octanol–water partition coefficient (Wildman–Crippen LogP) is 3.73. The van der Waals surface area contributed by atoms with Crippen LogP contribution in [0.4, 0.5) is 15.7 Å². The van der Waals surface area contributed by atoms with Crippen LogP contribution in [0.2, 0.25) is 0 Å². The minimum absolute atomic E-state index is 0.0889. The van der Waals surface area contributed by atoms with Gasteiger partial charge in [-0.25, -0.2) is 14.8 Å². The topological polar surface area (TPSA) is 90.9 Å². The lowest BCUT2D eigenvalue weighted by atomic mass is 10.1. The average molecular weight is 497 g/mol. The lowest BCUT2D eigenvalue weighted by molar-refractivity contribution is 0.0697. The summed E-state index contributed by atoms with van der Waals surface area (Å²) in [6.07, 6.45) is 4.50. The van der Waals surface area contributed by atoms with Crippen molar-refractivity contribution in [3.63, 3.8) is 0 Å². The van der Waals surface area contributed by atoms with Gasteiger partial charge < -0.3 is 19.4 Å². The van der Waals surface area contributed by atoms with Crippen LogP contribution in [0, 0.1) is 12.8 Å². The number of carbonyl (C=O) groups is 2. The number of aromatic nitrogens is 2. The molecule has 2 aromatic heterocycles. The second-order valence-corrected chi connectivity index (χ2v) is 11.0. The molecule has 1 aliphatic carbocycles. The van der Waals surface area contributed by atoms with Gasteiger partial charge in [0.1, 0.15) is 5.82 Å². The summed E-state index contributed by atoms with van der Waals surface area (Å²) in [5, 5.41) is 3.56. The first-order chi connectivity index (χ1) is 17.0. The van der Waals surface area contributed by atoms with Crippen LogP contribution in [-0.2, 0) is 11.3 Å². The van der Waals surface area contributed by atoms with E-state index in [4.69, 9.17) is 9.72 Å². The number of thiazole rings is 1. The maximum atomic E-state index is 13.6. The van der Waals surface area contributed by atoms with E-state index in [2.05, 4.69) is 28.2 Å². The van der Waals surface area contributed by atoms with E-state index in [0.717, 1.165) is 59.1 Å². The largest absolute Gasteiger partial charge is 0.378 e. The quantitative estimate of drug-likeness (QED) is 0.678. The number of ether oxygens (including phenoxy) is 1. The Morgan fingerprint density at radius 2 is 1.91 bits per heavy atom. The van der Waals surface area contributed by atoms with E-state index in [-0.39, 0.29) is 18.0 Å². The molecule has 1 N–H and O–H groups in total. The maximum Gasteiger partial charge on any atom is 0.323 e. The number of likely N-dealkylation sites (tertiary alicyclic amines) is 1. The number of carbonyl (C=O) groups excluding carboxylic acids is 2. The van der Waals surface area contributed by atoms with Crippen molar-refractivity contribution in [1.82, 2.24) is 19.8 Å². The Bertz CT molecular complexity index is 1150. The number of aryl methyl sites for hydroxylation is 1. The van der Waals surface area contributed by atoms with Gasteiger partial charge in [-0.15, -0.1) is 0 Å². The Kier molecular flexibility index (Phi) is 5.88. The summed E-state index contributed by atoms with van der Waals surface area (Å²) >= 11 is 1.45. The van der Waals surface area contributed by atoms with E-state index in [9.17, 15) is 9.59 Å². The summed E-state index contributed by atoms with van der Waals surface area (Å²) in [5.41, 5.74) is 3.42. The number of hydrogen-bond donors (Lipinski definition) is 1. The Balaban J connectivity index is 1.34. The fourth-order valence-electron chi connectivity index (χ4n) is 5.40. The number of anilines is 2. The number of amides is 3. The minimum atomic E-state index is -0.0889. The summed E-state index contributed by atoms with van der Waals surface area (Å²) in [4.78, 5) is 42.8. The molecule has 2 saturated heterocycles. The molecule has 6 rings (SSSR count). The lowest BCUT2D eigenvalue weighted by Crippen LogP contribution is -2.39. The monoisotopic (exact) mass is 496 g/mol. The number of nitrogens with zero attached hydrogens (tertiary/aromatic N) is 5. The first-order valence-corrected chi connectivity index (χ1v) is 13.5. The summed E-state index contributed by atoms with van der Waals surface area (Å²) in [7, 11) is 0. The standard InChI is InChI=1S/C25H32N6O3S/c1-15-21(35-24(26-15)28-25(33)30-7-3-4-8-30)19-13-18-14-31(16(2)17-5-6-17)23(32)20(18)22(27-19)29-9-11-34-12-10-29/h13,16-17H,3-12,14H2,1-2H3,(H,26,28,33)/t16-/m0/s1. The number of hydrogen-bond acceptors (Lipinski definition) is 7. The normalized spacial score (nSPS) is 21.0. The van der Waals surface area contributed by atoms with Crippen LogP contribution in [0.25, 0.3) is 10.6 Å². The van der Waals surface area contributed by atoms with Gasteiger partial charge in [0.2, 0.25) is 0 Å². The molecule has 3 fully saturated rings. The molecule has 0 unspecified atom stereocenters. The molecule has 9 nitrogen and oxygen atoms in total. The van der Waals surface area contributed by atoms with Gasteiger partial charge in [-0.05, 0) is 57.1 Å². The van der Waals surface area contributed by atoms with Gasteiger partial charge >= 0.3 is 6.03 Å². The van der Waals surface area contributed by atoms with Crippen LogP contribution in [0.15, 0.2) is 6.07 Å². The molecule has 5 heterocycles. The Morgan fingerprint density at radius 1 is 1.17 bits per heavy atom. The maximum absolute atomic E-state index is 13.6. The first kappa shape index (κ1) is 22.7. The fraction of sp³-hybridized carbons (Fsp3) is 0.600. The van der Waals surface area contributed by atoms with Crippen LogP contribution in [0.1, 0.15) is 54.2 Å². The van der Waals surface area contributed by atoms with Gasteiger partial charge in [0.05, 0.1) is 35.0 Å². The molecule has 1 atom stereocenters. The molecule has 3 amide bonds. The third-order valence-corrected chi connectivity index (χ3v) is 8.74. The van der Waals surface area contributed by atoms with Crippen molar-refractivity contribution >= 4 is 34.2 Å². The molecule has 0 spiro atoms. The van der Waals surface area contributed by atoms with Crippen molar-refractivity contribution in [2.45, 2.75) is 52.1 Å². The van der Waals surface area contributed by atoms with Gasteiger partial charge in [-0.2, -0.15) is 0 Å². The van der Waals surface area contributed by atoms with E-state index < -0.39 is 0 Å². The van der Waals surface area contributed by atoms with Crippen molar-refractivity contribution in [3.8, 4) is 10.6 Å². The van der Waals surface area contributed by atoms with E-state index in [1.807, 2.05) is 16.7 Å². The van der Waals surface area contributed by atoms with E-state index >= 15 is 0 Å². The molecule has 186 valence electrons. The van der Waals surface area contributed by atoms with Gasteiger partial charge in [0.15, 0.2) is 5.13 Å². The zero-order valence-electron chi connectivity index (χ0n) is 20.4. The average Bonchev–Trinajstić information content (AvgIpc) is 3.27. The van der Waals surface area contributed by atoms with Gasteiger partial charge in [0.25, 0.3) is 5.91 Å². The van der Waals surface area contributed by atoms with Crippen LogP contribution in [-0.4, -0.2) is 77.1 Å². The lowest BCUT2D eigenvalue weighted by Gasteiger charge is -2.29. The molecule has 4 aliphatic rings. The molecule has 0 bridgehead atoms. The highest BCUT2D eigenvalue weighted by Crippen LogP contribution is 2.42. The molecular weight excluding hydrogens is 464 g/mol. The van der Waals surface area contributed by atoms with Gasteiger partial charge in [-0.3, -0.25) is 10.1 Å². The first-order valence-electron chi connectivity index (χ1n) is 12.7. The van der Waals surface area contributed by atoms with E-state index in [1.165, 1.54) is 24.2 Å². The second kappa shape index (κ2) is 9.05. The minimum Gasteiger partial charge on any atom is -0.378 e. The van der Waals surface area contributed by atoms with Crippen molar-refractivity contribution in [2.24, 2.45) is 5.92 Å². The van der Waals surface area contributed by atoms with E-state index in [1.54, 1.807) is 0 Å². The molecular formula is C25H32N6O3S. The zero-order chi connectivity index (χ0) is 24.1. The van der Waals surface area contributed by atoms with Crippen molar-refractivity contribution in [2.75, 3.05) is 49.6 Å². The highest BCUT2D eigenvalue weighted by atomic mass is 32.1. The van der Waals surface area contributed by atoms with E-state index in [0.29, 0.717) is 43.9 Å². The van der Waals surface area contributed by atoms with Crippen LogP contribution in [0.3, 0.4) is 0 Å².